The van der Waals surface area contributed by atoms with Gasteiger partial charge in [0.05, 0.1) is 4.92 Å². The lowest BCUT2D eigenvalue weighted by molar-refractivity contribution is -0.384. The molecule has 0 bridgehead atoms. The van der Waals surface area contributed by atoms with E-state index in [0.717, 1.165) is 16.7 Å². The maximum Gasteiger partial charge on any atom is 0.270 e. The van der Waals surface area contributed by atoms with Crippen LogP contribution in [0.2, 0.25) is 0 Å². The van der Waals surface area contributed by atoms with Gasteiger partial charge >= 0.3 is 0 Å². The predicted octanol–water partition coefficient (Wildman–Crippen LogP) is 4.24. The summed E-state index contributed by atoms with van der Waals surface area (Å²) in [4.78, 5) is 10.4. The van der Waals surface area contributed by atoms with Crippen molar-refractivity contribution in [1.82, 2.24) is 10.2 Å². The molecule has 2 aromatic carbocycles. The minimum atomic E-state index is -0.449. The lowest BCUT2D eigenvalue weighted by atomic mass is 10.00. The van der Waals surface area contributed by atoms with Gasteiger partial charge in [-0.15, -0.1) is 10.2 Å². The van der Waals surface area contributed by atoms with Crippen molar-refractivity contribution < 1.29 is 9.34 Å². The van der Waals surface area contributed by atoms with Gasteiger partial charge in [0.15, 0.2) is 0 Å². The molecular formula is C17H15N3O3. The summed E-state index contributed by atoms with van der Waals surface area (Å²) in [5, 5.41) is 19.0. The first-order valence-electron chi connectivity index (χ1n) is 7.12. The summed E-state index contributed by atoms with van der Waals surface area (Å²) in [5.74, 6) is 0.685. The topological polar surface area (TPSA) is 82.1 Å². The number of aromatic nitrogens is 2. The van der Waals surface area contributed by atoms with E-state index in [0.29, 0.717) is 11.5 Å². The Morgan fingerprint density at radius 3 is 2.30 bits per heavy atom. The molecule has 0 N–H and O–H groups in total. The fraction of sp³-hybridized carbons (Fsp3) is 0.176. The quantitative estimate of drug-likeness (QED) is 0.534. The Hall–Kier alpha value is -3.02. The maximum atomic E-state index is 10.9. The van der Waals surface area contributed by atoms with E-state index < -0.39 is 4.92 Å². The molecule has 1 heterocycles. The van der Waals surface area contributed by atoms with Crippen LogP contribution in [0.3, 0.4) is 0 Å². The summed E-state index contributed by atoms with van der Waals surface area (Å²) in [6.07, 6.45) is 0. The molecule has 3 aromatic rings. The van der Waals surface area contributed by atoms with Crippen molar-refractivity contribution in [3.8, 4) is 22.9 Å². The molecule has 0 aliphatic heterocycles. The first-order valence-corrected chi connectivity index (χ1v) is 7.12. The molecule has 0 aliphatic carbocycles. The summed E-state index contributed by atoms with van der Waals surface area (Å²) >= 11 is 0. The van der Waals surface area contributed by atoms with Gasteiger partial charge in [0.25, 0.3) is 5.69 Å². The molecule has 0 atom stereocenters. The molecule has 0 spiro atoms. The molecule has 3 rings (SSSR count). The van der Waals surface area contributed by atoms with Crippen LogP contribution in [-0.2, 0) is 0 Å². The molecule has 0 saturated heterocycles. The normalized spacial score (nSPS) is 10.7. The minimum absolute atomic E-state index is 0.00931. The standard InChI is InChI=1S/C17H15N3O3/c1-10-7-11(2)15(12(3)8-10)17-19-18-16(23-17)13-5-4-6-14(9-13)20(21)22/h4-9H,1-3H3. The van der Waals surface area contributed by atoms with E-state index in [1.807, 2.05) is 20.8 Å². The third-order valence-electron chi connectivity index (χ3n) is 3.62. The molecule has 1 aromatic heterocycles. The summed E-state index contributed by atoms with van der Waals surface area (Å²) in [7, 11) is 0. The number of benzene rings is 2. The number of nitrogens with zero attached hydrogens (tertiary/aromatic N) is 3. The molecule has 0 aliphatic rings. The SMILES string of the molecule is Cc1cc(C)c(-c2nnc(-c3cccc([N+](=O)[O-])c3)o2)c(C)c1. The first-order chi connectivity index (χ1) is 11.0. The van der Waals surface area contributed by atoms with Crippen molar-refractivity contribution in [1.29, 1.82) is 0 Å². The van der Waals surface area contributed by atoms with E-state index in [1.165, 1.54) is 17.7 Å². The van der Waals surface area contributed by atoms with Gasteiger partial charge < -0.3 is 4.42 Å². The van der Waals surface area contributed by atoms with Gasteiger partial charge in [-0.2, -0.15) is 0 Å². The Bertz CT molecular complexity index is 877. The highest BCUT2D eigenvalue weighted by molar-refractivity contribution is 5.65. The van der Waals surface area contributed by atoms with Crippen molar-refractivity contribution in [2.75, 3.05) is 0 Å². The van der Waals surface area contributed by atoms with Crippen LogP contribution in [0.25, 0.3) is 22.9 Å². The van der Waals surface area contributed by atoms with Crippen molar-refractivity contribution in [2.24, 2.45) is 0 Å². The van der Waals surface area contributed by atoms with Gasteiger partial charge in [0.2, 0.25) is 11.8 Å². The van der Waals surface area contributed by atoms with Crippen LogP contribution in [-0.4, -0.2) is 15.1 Å². The molecule has 0 fully saturated rings. The minimum Gasteiger partial charge on any atom is -0.416 e. The lowest BCUT2D eigenvalue weighted by Crippen LogP contribution is -1.90. The molecule has 0 unspecified atom stereocenters. The van der Waals surface area contributed by atoms with Crippen LogP contribution in [0.5, 0.6) is 0 Å². The van der Waals surface area contributed by atoms with Crippen LogP contribution in [0.1, 0.15) is 16.7 Å². The predicted molar refractivity (Wildman–Crippen MR) is 86.0 cm³/mol. The second-order valence-electron chi connectivity index (χ2n) is 5.49. The summed E-state index contributed by atoms with van der Waals surface area (Å²) in [6.45, 7) is 6.02. The second kappa shape index (κ2) is 5.64. The van der Waals surface area contributed by atoms with Crippen LogP contribution >= 0.6 is 0 Å². The van der Waals surface area contributed by atoms with Crippen molar-refractivity contribution in [2.45, 2.75) is 20.8 Å². The van der Waals surface area contributed by atoms with E-state index >= 15 is 0 Å². The maximum absolute atomic E-state index is 10.9. The van der Waals surface area contributed by atoms with Crippen LogP contribution in [0, 0.1) is 30.9 Å². The Balaban J connectivity index is 2.05. The molecule has 116 valence electrons. The van der Waals surface area contributed by atoms with Gasteiger partial charge in [0.1, 0.15) is 0 Å². The third-order valence-corrected chi connectivity index (χ3v) is 3.62. The summed E-state index contributed by atoms with van der Waals surface area (Å²) < 4.78 is 5.75. The van der Waals surface area contributed by atoms with Crippen LogP contribution in [0.4, 0.5) is 5.69 Å². The number of hydrogen-bond donors (Lipinski definition) is 0. The molecule has 6 nitrogen and oxygen atoms in total. The monoisotopic (exact) mass is 309 g/mol. The van der Waals surface area contributed by atoms with E-state index in [4.69, 9.17) is 4.42 Å². The highest BCUT2D eigenvalue weighted by Crippen LogP contribution is 2.30. The van der Waals surface area contributed by atoms with Gasteiger partial charge in [0, 0.05) is 23.3 Å². The molecular weight excluding hydrogens is 294 g/mol. The smallest absolute Gasteiger partial charge is 0.270 e. The van der Waals surface area contributed by atoms with Gasteiger partial charge in [-0.1, -0.05) is 23.8 Å². The largest absolute Gasteiger partial charge is 0.416 e. The van der Waals surface area contributed by atoms with Gasteiger partial charge in [-0.25, -0.2) is 0 Å². The van der Waals surface area contributed by atoms with Gasteiger partial charge in [-0.3, -0.25) is 10.1 Å². The molecule has 0 amide bonds. The van der Waals surface area contributed by atoms with Gasteiger partial charge in [-0.05, 0) is 38.0 Å². The van der Waals surface area contributed by atoms with Crippen molar-refractivity contribution in [3.63, 3.8) is 0 Å². The average Bonchev–Trinajstić information content (AvgIpc) is 2.96. The molecule has 6 heteroatoms. The van der Waals surface area contributed by atoms with E-state index in [9.17, 15) is 10.1 Å². The highest BCUT2D eigenvalue weighted by Gasteiger charge is 2.16. The number of nitro benzene ring substituents is 1. The number of nitro groups is 1. The molecule has 0 saturated carbocycles. The Kier molecular flexibility index (Phi) is 3.65. The second-order valence-corrected chi connectivity index (χ2v) is 5.49. The zero-order chi connectivity index (χ0) is 16.6. The highest BCUT2D eigenvalue weighted by atomic mass is 16.6. The summed E-state index contributed by atoms with van der Waals surface area (Å²) in [6, 6.07) is 10.3. The average molecular weight is 309 g/mol. The van der Waals surface area contributed by atoms with Crippen LogP contribution < -0.4 is 0 Å². The Morgan fingerprint density at radius 1 is 1.00 bits per heavy atom. The van der Waals surface area contributed by atoms with E-state index in [1.54, 1.807) is 12.1 Å². The number of hydrogen-bond acceptors (Lipinski definition) is 5. The van der Waals surface area contributed by atoms with E-state index in [-0.39, 0.29) is 11.6 Å². The molecule has 0 radical (unpaired) electrons. The first kappa shape index (κ1) is 14.9. The Morgan fingerprint density at radius 2 is 1.65 bits per heavy atom. The zero-order valence-electron chi connectivity index (χ0n) is 13.0. The number of non-ortho nitro benzene ring substituents is 1. The molecule has 23 heavy (non-hydrogen) atoms. The third kappa shape index (κ3) is 2.83. The van der Waals surface area contributed by atoms with Crippen LogP contribution in [0.15, 0.2) is 40.8 Å². The fourth-order valence-electron chi connectivity index (χ4n) is 2.71. The zero-order valence-corrected chi connectivity index (χ0v) is 13.0. The number of aryl methyl sites for hydroxylation is 3. The van der Waals surface area contributed by atoms with Crippen molar-refractivity contribution in [3.05, 3.63) is 63.2 Å². The lowest BCUT2D eigenvalue weighted by Gasteiger charge is -2.07. The Labute approximate surface area is 132 Å². The summed E-state index contributed by atoms with van der Waals surface area (Å²) in [5.41, 5.74) is 4.70. The fourth-order valence-corrected chi connectivity index (χ4v) is 2.71. The number of rotatable bonds is 3. The van der Waals surface area contributed by atoms with Crippen molar-refractivity contribution >= 4 is 5.69 Å². The van der Waals surface area contributed by atoms with E-state index in [2.05, 4.69) is 22.3 Å².